The average Bonchev–Trinajstić information content (AvgIpc) is 3.56. The maximum absolute atomic E-state index is 14.4. The third kappa shape index (κ3) is 8.76. The molecule has 1 aliphatic heterocycles. The van der Waals surface area contributed by atoms with E-state index in [2.05, 4.69) is 20.6 Å². The van der Waals surface area contributed by atoms with Crippen LogP contribution in [0.1, 0.15) is 59.6 Å². The monoisotopic (exact) mass is 736 g/mol. The zero-order valence-electron chi connectivity index (χ0n) is 27.3. The summed E-state index contributed by atoms with van der Waals surface area (Å²) in [7, 11) is 0. The topological polar surface area (TPSA) is 259 Å². The number of carboxylic acid groups (broad SMARTS) is 1. The summed E-state index contributed by atoms with van der Waals surface area (Å²) in [4.78, 5) is 41.0. The van der Waals surface area contributed by atoms with Crippen molar-refractivity contribution in [1.29, 1.82) is 5.26 Å². The van der Waals surface area contributed by atoms with Gasteiger partial charge < -0.3 is 45.1 Å². The van der Waals surface area contributed by atoms with Crippen molar-refractivity contribution in [3.8, 4) is 17.5 Å². The van der Waals surface area contributed by atoms with Crippen molar-refractivity contribution >= 4 is 29.6 Å². The number of ether oxygens (including phenoxy) is 3. The fourth-order valence-corrected chi connectivity index (χ4v) is 6.14. The van der Waals surface area contributed by atoms with Crippen LogP contribution in [0.3, 0.4) is 0 Å². The number of benzene rings is 1. The Morgan fingerprint density at radius 2 is 2.00 bits per heavy atom. The van der Waals surface area contributed by atoms with Crippen molar-refractivity contribution in [1.82, 2.24) is 25.3 Å². The van der Waals surface area contributed by atoms with E-state index in [1.54, 1.807) is 13.8 Å². The molecule has 0 unspecified atom stereocenters. The second-order valence-corrected chi connectivity index (χ2v) is 12.2. The maximum Gasteiger partial charge on any atom is 0.377 e. The average molecular weight is 737 g/mol. The van der Waals surface area contributed by atoms with E-state index < -0.39 is 84.9 Å². The van der Waals surface area contributed by atoms with Crippen LogP contribution < -0.4 is 10.1 Å². The van der Waals surface area contributed by atoms with Gasteiger partial charge in [-0.15, -0.1) is 5.10 Å². The first-order valence-corrected chi connectivity index (χ1v) is 16.2. The van der Waals surface area contributed by atoms with E-state index in [1.807, 2.05) is 6.07 Å². The number of aryl methyl sites for hydroxylation is 1. The summed E-state index contributed by atoms with van der Waals surface area (Å²) in [5, 5.41) is 71.2. The number of alkyl halides is 2. The summed E-state index contributed by atoms with van der Waals surface area (Å²) in [5.41, 5.74) is 0.101. The Hall–Kier alpha value is -4.78. The van der Waals surface area contributed by atoms with E-state index in [0.717, 1.165) is 35.5 Å². The lowest BCUT2D eigenvalue weighted by molar-refractivity contribution is -0.284. The molecule has 0 radical (unpaired) electrons. The number of thioether (sulfide) groups is 1. The van der Waals surface area contributed by atoms with Crippen molar-refractivity contribution in [2.75, 3.05) is 13.2 Å². The van der Waals surface area contributed by atoms with Crippen molar-refractivity contribution < 1.29 is 62.9 Å². The first-order valence-electron chi connectivity index (χ1n) is 15.2. The number of nitrogens with one attached hydrogen (secondary N) is 1. The lowest BCUT2D eigenvalue weighted by Gasteiger charge is -2.46. The number of pyridine rings is 1. The highest BCUT2D eigenvalue weighted by Gasteiger charge is 2.57. The van der Waals surface area contributed by atoms with E-state index in [1.165, 1.54) is 18.3 Å². The van der Waals surface area contributed by atoms with Crippen LogP contribution in [0, 0.1) is 18.3 Å². The molecule has 1 saturated heterocycles. The number of nitriles is 1. The number of hydrogen-bond acceptors (Lipinski definition) is 15. The van der Waals surface area contributed by atoms with Gasteiger partial charge in [0, 0.05) is 18.4 Å². The lowest BCUT2D eigenvalue weighted by Crippen LogP contribution is -2.68. The zero-order valence-corrected chi connectivity index (χ0v) is 28.1. The van der Waals surface area contributed by atoms with Crippen LogP contribution in [0.25, 0.3) is 5.69 Å². The normalized spacial score (nSPS) is 21.4. The number of carbonyl (C=O) groups is 3. The molecule has 274 valence electrons. The molecule has 1 aromatic carbocycles. The van der Waals surface area contributed by atoms with Gasteiger partial charge in [0.2, 0.25) is 5.91 Å². The predicted molar refractivity (Wildman–Crippen MR) is 169 cm³/mol. The van der Waals surface area contributed by atoms with Gasteiger partial charge in [0.15, 0.2) is 0 Å². The van der Waals surface area contributed by atoms with Gasteiger partial charge in [0.05, 0.1) is 66.0 Å². The number of aliphatic hydroxyl groups is 4. The molecule has 51 heavy (non-hydrogen) atoms. The fourth-order valence-electron chi connectivity index (χ4n) is 5.21. The number of hydrogen-bond donors (Lipinski definition) is 6. The van der Waals surface area contributed by atoms with Gasteiger partial charge in [0.1, 0.15) is 35.2 Å². The van der Waals surface area contributed by atoms with Gasteiger partial charge in [-0.3, -0.25) is 4.79 Å². The van der Waals surface area contributed by atoms with Gasteiger partial charge in [-0.2, -0.15) is 5.26 Å². The van der Waals surface area contributed by atoms with Crippen LogP contribution in [0.4, 0.5) is 8.78 Å². The molecule has 1 amide bonds. The number of aromatic nitrogens is 4. The molecule has 17 nitrogen and oxygen atoms in total. The molecule has 0 saturated carbocycles. The fraction of sp³-hybridized carbons (Fsp3) is 0.452. The Morgan fingerprint density at radius 1 is 1.27 bits per heavy atom. The molecular formula is C31H34F2N6O11S. The Kier molecular flexibility index (Phi) is 12.6. The number of aliphatic hydroxyl groups excluding tert-OH is 4. The number of rotatable bonds is 14. The molecule has 20 heteroatoms. The largest absolute Gasteiger partial charge is 0.476 e. The summed E-state index contributed by atoms with van der Waals surface area (Å²) in [6.45, 7) is 3.44. The zero-order chi connectivity index (χ0) is 37.6. The van der Waals surface area contributed by atoms with Crippen LogP contribution in [-0.4, -0.2) is 113 Å². The number of carboxylic acids is 1. The summed E-state index contributed by atoms with van der Waals surface area (Å²) in [6.07, 6.45) is -10.4. The molecule has 6 atom stereocenters. The molecular weight excluding hydrogens is 702 g/mol. The number of carbonyl (C=O) groups excluding carboxylic acids is 2. The third-order valence-corrected chi connectivity index (χ3v) is 8.58. The third-order valence-electron chi connectivity index (χ3n) is 7.57. The molecule has 4 rings (SSSR count). The summed E-state index contributed by atoms with van der Waals surface area (Å²) >= 11 is 1.08. The van der Waals surface area contributed by atoms with Crippen LogP contribution >= 0.6 is 11.8 Å². The summed E-state index contributed by atoms with van der Waals surface area (Å²) < 4.78 is 46.1. The van der Waals surface area contributed by atoms with Gasteiger partial charge in [-0.1, -0.05) is 17.0 Å². The molecule has 1 aliphatic rings. The van der Waals surface area contributed by atoms with Crippen molar-refractivity contribution in [3.05, 3.63) is 58.5 Å². The Morgan fingerprint density at radius 3 is 2.61 bits per heavy atom. The van der Waals surface area contributed by atoms with Crippen LogP contribution in [-0.2, 0) is 24.8 Å². The van der Waals surface area contributed by atoms with E-state index >= 15 is 0 Å². The van der Waals surface area contributed by atoms with Gasteiger partial charge in [-0.25, -0.2) is 28.0 Å². The summed E-state index contributed by atoms with van der Waals surface area (Å²) in [6, 6.07) is 5.13. The Balaban J connectivity index is 1.61. The second-order valence-electron chi connectivity index (χ2n) is 11.3. The number of amides is 1. The van der Waals surface area contributed by atoms with Crippen LogP contribution in [0.2, 0.25) is 0 Å². The Labute approximate surface area is 292 Å². The minimum Gasteiger partial charge on any atom is -0.476 e. The second kappa shape index (κ2) is 16.5. The van der Waals surface area contributed by atoms with Gasteiger partial charge in [-0.05, 0) is 38.1 Å². The first kappa shape index (κ1) is 39.0. The molecule has 0 bridgehead atoms. The molecule has 6 N–H and O–H groups in total. The first-order chi connectivity index (χ1) is 24.1. The number of nitrogens with zero attached hydrogens (tertiary/aromatic N) is 5. The maximum atomic E-state index is 14.4. The van der Waals surface area contributed by atoms with E-state index in [0.29, 0.717) is 11.4 Å². The Bertz CT molecular complexity index is 1810. The number of aliphatic carboxylic acids is 1. The summed E-state index contributed by atoms with van der Waals surface area (Å²) in [5.74, 6) is -6.76. The van der Waals surface area contributed by atoms with Gasteiger partial charge in [0.25, 0.3) is 6.43 Å². The van der Waals surface area contributed by atoms with E-state index in [9.17, 15) is 54.0 Å². The molecule has 0 spiro atoms. The van der Waals surface area contributed by atoms with Crippen molar-refractivity contribution in [3.63, 3.8) is 0 Å². The molecule has 0 aliphatic carbocycles. The smallest absolute Gasteiger partial charge is 0.377 e. The highest BCUT2D eigenvalue weighted by Crippen LogP contribution is 2.39. The lowest BCUT2D eigenvalue weighted by atomic mass is 9.88. The molecule has 2 aromatic heterocycles. The quantitative estimate of drug-likeness (QED) is 0.0987. The molecule has 3 aromatic rings. The van der Waals surface area contributed by atoms with Crippen molar-refractivity contribution in [2.45, 2.75) is 80.6 Å². The minimum atomic E-state index is -3.24. The molecule has 1 fully saturated rings. The number of esters is 1. The van der Waals surface area contributed by atoms with Gasteiger partial charge >= 0.3 is 17.7 Å². The molecule has 3 heterocycles. The minimum absolute atomic E-state index is 0.0123. The van der Waals surface area contributed by atoms with Crippen LogP contribution in [0.15, 0.2) is 35.5 Å². The SMILES string of the molecule is CCOC(=O)c1cc(C)nc(SCc2cn(-c3ccc(O[C@]4(C(=O)O)C[C@H](O)[C@@H](NC(C)=O)[C@H]([C@H](O)[C@H](O)CO)O4)c(C(F)F)c3)nn2)c1C#N. The van der Waals surface area contributed by atoms with Crippen LogP contribution in [0.5, 0.6) is 5.75 Å². The predicted octanol–water partition coefficient (Wildman–Crippen LogP) is 0.777. The number of halogens is 2. The van der Waals surface area contributed by atoms with Crippen molar-refractivity contribution in [2.24, 2.45) is 0 Å². The highest BCUT2D eigenvalue weighted by molar-refractivity contribution is 7.98. The van der Waals surface area contributed by atoms with E-state index in [4.69, 9.17) is 14.2 Å². The van der Waals surface area contributed by atoms with E-state index in [-0.39, 0.29) is 34.2 Å². The highest BCUT2D eigenvalue weighted by atomic mass is 32.2. The standard InChI is InChI=1S/C31H34F2N6O11S/c1-4-48-29(45)18-7-14(2)35-28(20(18)10-34)51-13-16-11-39(38-37-16)17-5-6-23(19(8-17)27(32)33)49-31(30(46)47)9-21(42)24(36-15(3)41)26(50-31)25(44)22(43)12-40/h5-8,11,21-22,24-27,40,42-44H,4,9,12-13H2,1-3H3,(H,36,41)(H,46,47)/t21-,22+,24+,25+,26+,31+/m0/s1.